The third kappa shape index (κ3) is 62.2. The van der Waals surface area contributed by atoms with E-state index in [1.165, 1.54) is 6.92 Å². The molecule has 0 bridgehead atoms. The van der Waals surface area contributed by atoms with Crippen molar-refractivity contribution in [1.29, 1.82) is 0 Å². The molecule has 4 N–H and O–H groups in total. The molecule has 0 aliphatic heterocycles. The normalized spacial score (nSPS) is 8.21. The minimum absolute atomic E-state index is 0.211. The third-order valence-corrected chi connectivity index (χ3v) is 1.44. The number of ether oxygens (including phenoxy) is 1. The van der Waals surface area contributed by atoms with Crippen LogP contribution in [0, 0.1) is 0 Å². The van der Waals surface area contributed by atoms with Gasteiger partial charge < -0.3 is 20.7 Å². The summed E-state index contributed by atoms with van der Waals surface area (Å²) >= 11 is 0. The Kier molecular flexibility index (Phi) is 22.2. The molecule has 0 fully saturated rings. The molecule has 0 aliphatic carbocycles. The maximum atomic E-state index is 9.93. The second-order valence-corrected chi connectivity index (χ2v) is 3.44. The molecule has 0 aliphatic rings. The van der Waals surface area contributed by atoms with Gasteiger partial charge in [-0.3, -0.25) is 14.4 Å². The summed E-state index contributed by atoms with van der Waals surface area (Å²) in [5, 5.41) is 15.6. The van der Waals surface area contributed by atoms with Gasteiger partial charge in [0.2, 0.25) is 0 Å². The fourth-order valence-corrected chi connectivity index (χ4v) is 0.801. The van der Waals surface area contributed by atoms with Gasteiger partial charge in [0.15, 0.2) is 0 Å². The number of hydrogen-bond acceptors (Lipinski definition) is 5. The highest BCUT2D eigenvalue weighted by molar-refractivity contribution is 5.66. The number of aliphatic carboxylic acids is 2. The van der Waals surface area contributed by atoms with E-state index in [1.807, 2.05) is 0 Å². The molecule has 0 aromatic rings. The van der Waals surface area contributed by atoms with Crippen LogP contribution in [0.5, 0.6) is 0 Å². The van der Waals surface area contributed by atoms with Gasteiger partial charge in [-0.2, -0.15) is 0 Å². The van der Waals surface area contributed by atoms with Crippen molar-refractivity contribution in [2.75, 3.05) is 13.2 Å². The minimum Gasteiger partial charge on any atom is -0.481 e. The van der Waals surface area contributed by atoms with Crippen LogP contribution in [0.3, 0.4) is 0 Å². The van der Waals surface area contributed by atoms with Crippen LogP contribution in [0.15, 0.2) is 0 Å². The number of rotatable bonds is 6. The van der Waals surface area contributed by atoms with Crippen LogP contribution in [0.4, 0.5) is 0 Å². The third-order valence-electron chi connectivity index (χ3n) is 1.44. The van der Waals surface area contributed by atoms with E-state index in [1.54, 1.807) is 6.92 Å². The van der Waals surface area contributed by atoms with Crippen LogP contribution in [0.25, 0.3) is 0 Å². The molecule has 7 heteroatoms. The van der Waals surface area contributed by atoms with Crippen molar-refractivity contribution in [2.45, 2.75) is 46.5 Å². The first-order valence-electron chi connectivity index (χ1n) is 6.02. The van der Waals surface area contributed by atoms with E-state index in [0.29, 0.717) is 13.2 Å². The number of unbranched alkanes of at least 4 members (excludes halogenated alkanes) is 2. The van der Waals surface area contributed by atoms with Gasteiger partial charge in [-0.15, -0.1) is 0 Å². The van der Waals surface area contributed by atoms with Crippen molar-refractivity contribution in [1.82, 2.24) is 0 Å². The topological polar surface area (TPSA) is 127 Å². The molecule has 19 heavy (non-hydrogen) atoms. The van der Waals surface area contributed by atoms with E-state index in [2.05, 4.69) is 4.74 Å². The van der Waals surface area contributed by atoms with Gasteiger partial charge in [0, 0.05) is 20.3 Å². The number of carboxylic acids is 2. The summed E-state index contributed by atoms with van der Waals surface area (Å²) in [5.74, 6) is -1.76. The molecule has 0 rings (SSSR count). The van der Waals surface area contributed by atoms with Crippen LogP contribution in [0.1, 0.15) is 46.5 Å². The first-order chi connectivity index (χ1) is 8.77. The van der Waals surface area contributed by atoms with E-state index >= 15 is 0 Å². The zero-order chi connectivity index (χ0) is 15.7. The number of carbonyl (C=O) groups is 3. The Morgan fingerprint density at radius 3 is 1.74 bits per heavy atom. The highest BCUT2D eigenvalue weighted by Gasteiger charge is 1.94. The summed E-state index contributed by atoms with van der Waals surface area (Å²) < 4.78 is 4.40. The number of nitrogens with two attached hydrogens (primary N) is 1. The van der Waals surface area contributed by atoms with Crippen LogP contribution in [-0.2, 0) is 19.1 Å². The molecule has 0 atom stereocenters. The van der Waals surface area contributed by atoms with Crippen LogP contribution in [0.2, 0.25) is 0 Å². The SMILES string of the molecule is CC(=O)O.CCOC(C)=O.NCCCCCC(=O)O. The summed E-state index contributed by atoms with van der Waals surface area (Å²) in [5.41, 5.74) is 5.20. The van der Waals surface area contributed by atoms with E-state index in [9.17, 15) is 9.59 Å². The predicted molar refractivity (Wildman–Crippen MR) is 70.8 cm³/mol. The monoisotopic (exact) mass is 279 g/mol. The summed E-state index contributed by atoms with van der Waals surface area (Å²) in [4.78, 5) is 28.8. The number of esters is 1. The van der Waals surface area contributed by atoms with Gasteiger partial charge in [-0.1, -0.05) is 6.42 Å². The lowest BCUT2D eigenvalue weighted by Gasteiger charge is -1.93. The maximum Gasteiger partial charge on any atom is 0.303 e. The van der Waals surface area contributed by atoms with Gasteiger partial charge in [0.25, 0.3) is 5.97 Å². The number of carbonyl (C=O) groups excluding carboxylic acids is 1. The Bertz CT molecular complexity index is 238. The van der Waals surface area contributed by atoms with Crippen molar-refractivity contribution in [3.8, 4) is 0 Å². The zero-order valence-electron chi connectivity index (χ0n) is 11.8. The molecule has 0 aromatic heterocycles. The summed E-state index contributed by atoms with van der Waals surface area (Å²) in [6.45, 7) is 5.40. The Hall–Kier alpha value is -1.63. The molecule has 114 valence electrons. The van der Waals surface area contributed by atoms with Crippen molar-refractivity contribution in [2.24, 2.45) is 5.73 Å². The fraction of sp³-hybridized carbons (Fsp3) is 0.750. The first kappa shape index (κ1) is 22.5. The van der Waals surface area contributed by atoms with Crippen LogP contribution >= 0.6 is 0 Å². The van der Waals surface area contributed by atoms with Crippen LogP contribution in [-0.4, -0.2) is 41.3 Å². The highest BCUT2D eigenvalue weighted by Crippen LogP contribution is 1.97. The average Bonchev–Trinajstić information content (AvgIpc) is 2.24. The molecular weight excluding hydrogens is 254 g/mol. The molecule has 7 nitrogen and oxygen atoms in total. The molecule has 0 saturated heterocycles. The van der Waals surface area contributed by atoms with Crippen molar-refractivity contribution in [3.05, 3.63) is 0 Å². The van der Waals surface area contributed by atoms with Gasteiger partial charge in [0.05, 0.1) is 6.61 Å². The van der Waals surface area contributed by atoms with Crippen LogP contribution < -0.4 is 5.73 Å². The smallest absolute Gasteiger partial charge is 0.303 e. The fourth-order valence-electron chi connectivity index (χ4n) is 0.801. The van der Waals surface area contributed by atoms with Crippen molar-refractivity contribution >= 4 is 17.9 Å². The lowest BCUT2D eigenvalue weighted by atomic mass is 10.2. The summed E-state index contributed by atoms with van der Waals surface area (Å²) in [6.07, 6.45) is 2.91. The molecule has 0 unspecified atom stereocenters. The van der Waals surface area contributed by atoms with Crippen molar-refractivity contribution in [3.63, 3.8) is 0 Å². The first-order valence-corrected chi connectivity index (χ1v) is 6.02. The summed E-state index contributed by atoms with van der Waals surface area (Å²) in [7, 11) is 0. The Morgan fingerprint density at radius 1 is 1.05 bits per heavy atom. The zero-order valence-corrected chi connectivity index (χ0v) is 11.8. The van der Waals surface area contributed by atoms with E-state index in [0.717, 1.165) is 26.2 Å². The second kappa shape index (κ2) is 18.7. The quantitative estimate of drug-likeness (QED) is 0.493. The molecule has 0 radical (unpaired) electrons. The predicted octanol–water partition coefficient (Wildman–Crippen LogP) is 1.25. The largest absolute Gasteiger partial charge is 0.481 e. The average molecular weight is 279 g/mol. The number of hydrogen-bond donors (Lipinski definition) is 3. The minimum atomic E-state index is -0.833. The van der Waals surface area contributed by atoms with E-state index in [4.69, 9.17) is 20.7 Å². The maximum absolute atomic E-state index is 9.93. The number of carboxylic acid groups (broad SMARTS) is 2. The van der Waals surface area contributed by atoms with E-state index < -0.39 is 11.9 Å². The van der Waals surface area contributed by atoms with Gasteiger partial charge in [-0.05, 0) is 26.3 Å². The molecule has 0 amide bonds. The molecular formula is C12H25NO6. The second-order valence-electron chi connectivity index (χ2n) is 3.44. The molecule has 0 spiro atoms. The standard InChI is InChI=1S/C6H13NO2.C4H8O2.C2H4O2/c7-5-3-1-2-4-6(8)9;1-3-6-4(2)5;1-2(3)4/h1-5,7H2,(H,8,9);3H2,1-2H3;1H3,(H,3,4). The van der Waals surface area contributed by atoms with Gasteiger partial charge in [0.1, 0.15) is 0 Å². The molecule has 0 aromatic carbocycles. The Labute approximate surface area is 113 Å². The highest BCUT2D eigenvalue weighted by atomic mass is 16.5. The van der Waals surface area contributed by atoms with Crippen molar-refractivity contribution < 1.29 is 29.3 Å². The Balaban J connectivity index is -0.000000222. The summed E-state index contributed by atoms with van der Waals surface area (Å²) in [6, 6.07) is 0. The molecule has 0 saturated carbocycles. The Morgan fingerprint density at radius 2 is 1.53 bits per heavy atom. The molecule has 0 heterocycles. The van der Waals surface area contributed by atoms with E-state index in [-0.39, 0.29) is 12.4 Å². The van der Waals surface area contributed by atoms with Gasteiger partial charge >= 0.3 is 11.9 Å². The lowest BCUT2D eigenvalue weighted by Crippen LogP contribution is -1.99. The lowest BCUT2D eigenvalue weighted by molar-refractivity contribution is -0.140. The van der Waals surface area contributed by atoms with Gasteiger partial charge in [-0.25, -0.2) is 0 Å².